The third-order valence-electron chi connectivity index (χ3n) is 5.15. The van der Waals surface area contributed by atoms with Gasteiger partial charge in [-0.1, -0.05) is 6.07 Å². The smallest absolute Gasteiger partial charge is 0.123 e. The lowest BCUT2D eigenvalue weighted by Crippen LogP contribution is -2.47. The first-order chi connectivity index (χ1) is 9.63. The van der Waals surface area contributed by atoms with E-state index in [1.165, 1.54) is 24.8 Å². The molecule has 0 bridgehead atoms. The van der Waals surface area contributed by atoms with Crippen molar-refractivity contribution < 1.29 is 9.13 Å². The van der Waals surface area contributed by atoms with E-state index in [0.29, 0.717) is 12.0 Å². The molecular weight excluding hydrogens is 253 g/mol. The Kier molecular flexibility index (Phi) is 3.83. The second-order valence-corrected chi connectivity index (χ2v) is 6.41. The van der Waals surface area contributed by atoms with Crippen molar-refractivity contribution in [1.82, 2.24) is 5.32 Å². The molecule has 20 heavy (non-hydrogen) atoms. The third-order valence-corrected chi connectivity index (χ3v) is 5.15. The zero-order chi connectivity index (χ0) is 14.2. The van der Waals surface area contributed by atoms with Gasteiger partial charge in [0.2, 0.25) is 0 Å². The fourth-order valence-electron chi connectivity index (χ4n) is 3.90. The molecule has 2 unspecified atom stereocenters. The van der Waals surface area contributed by atoms with E-state index < -0.39 is 0 Å². The Morgan fingerprint density at radius 2 is 2.20 bits per heavy atom. The number of rotatable bonds is 3. The largest absolute Gasteiger partial charge is 0.375 e. The summed E-state index contributed by atoms with van der Waals surface area (Å²) < 4.78 is 19.3. The average molecular weight is 277 g/mol. The predicted octanol–water partition coefficient (Wildman–Crippen LogP) is 3.74. The molecule has 1 N–H and O–H groups in total. The molecule has 0 aromatic heterocycles. The zero-order valence-electron chi connectivity index (χ0n) is 12.4. The first kappa shape index (κ1) is 14.0. The molecule has 2 atom stereocenters. The Morgan fingerprint density at radius 3 is 2.80 bits per heavy atom. The van der Waals surface area contributed by atoms with Gasteiger partial charge in [0.25, 0.3) is 0 Å². The van der Waals surface area contributed by atoms with Gasteiger partial charge in [-0.3, -0.25) is 0 Å². The summed E-state index contributed by atoms with van der Waals surface area (Å²) in [6, 6.07) is 5.45. The molecule has 2 nitrogen and oxygen atoms in total. The number of ether oxygens (including phenoxy) is 1. The molecule has 110 valence electrons. The molecule has 3 heteroatoms. The van der Waals surface area contributed by atoms with Crippen LogP contribution in [0.1, 0.15) is 49.3 Å². The van der Waals surface area contributed by atoms with Gasteiger partial charge in [0, 0.05) is 12.6 Å². The van der Waals surface area contributed by atoms with Crippen LogP contribution in [0.3, 0.4) is 0 Å². The normalized spacial score (nSPS) is 26.2. The van der Waals surface area contributed by atoms with Crippen LogP contribution in [0.4, 0.5) is 4.39 Å². The number of hydrogen-bond donors (Lipinski definition) is 1. The summed E-state index contributed by atoms with van der Waals surface area (Å²) in [7, 11) is 2.01. The summed E-state index contributed by atoms with van der Waals surface area (Å²) in [5.41, 5.74) is 2.43. The van der Waals surface area contributed by atoms with Crippen molar-refractivity contribution in [2.24, 2.45) is 5.92 Å². The molecule has 3 rings (SSSR count). The van der Waals surface area contributed by atoms with Crippen molar-refractivity contribution in [3.8, 4) is 0 Å². The van der Waals surface area contributed by atoms with Crippen LogP contribution in [0, 0.1) is 18.7 Å². The van der Waals surface area contributed by atoms with Gasteiger partial charge < -0.3 is 10.1 Å². The lowest BCUT2D eigenvalue weighted by atomic mass is 9.69. The Bertz CT molecular complexity index is 484. The van der Waals surface area contributed by atoms with E-state index in [9.17, 15) is 4.39 Å². The number of halogens is 1. The molecule has 1 saturated heterocycles. The summed E-state index contributed by atoms with van der Waals surface area (Å²) in [6.07, 6.45) is 5.94. The van der Waals surface area contributed by atoms with Crippen LogP contribution >= 0.6 is 0 Å². The van der Waals surface area contributed by atoms with Gasteiger partial charge in [-0.05, 0) is 75.3 Å². The van der Waals surface area contributed by atoms with Crippen LogP contribution in [-0.2, 0) is 4.74 Å². The Hall–Kier alpha value is -0.930. The van der Waals surface area contributed by atoms with E-state index in [4.69, 9.17) is 4.74 Å². The van der Waals surface area contributed by atoms with Crippen LogP contribution < -0.4 is 5.32 Å². The SMILES string of the molecule is CNC(c1ccc(F)cc1C)C1CCOC2(CCC2)C1. The molecule has 0 amide bonds. The van der Waals surface area contributed by atoms with Gasteiger partial charge in [-0.2, -0.15) is 0 Å². The molecule has 1 saturated carbocycles. The second kappa shape index (κ2) is 5.45. The molecule has 2 fully saturated rings. The van der Waals surface area contributed by atoms with Gasteiger partial charge in [-0.25, -0.2) is 4.39 Å². The average Bonchev–Trinajstić information content (AvgIpc) is 2.40. The fraction of sp³-hybridized carbons (Fsp3) is 0.647. The molecule has 1 heterocycles. The molecule has 0 radical (unpaired) electrons. The van der Waals surface area contributed by atoms with Gasteiger partial charge >= 0.3 is 0 Å². The summed E-state index contributed by atoms with van der Waals surface area (Å²) in [5.74, 6) is 0.432. The fourth-order valence-corrected chi connectivity index (χ4v) is 3.90. The quantitative estimate of drug-likeness (QED) is 0.908. The van der Waals surface area contributed by atoms with E-state index in [-0.39, 0.29) is 11.4 Å². The van der Waals surface area contributed by atoms with Gasteiger partial charge in [0.15, 0.2) is 0 Å². The lowest BCUT2D eigenvalue weighted by Gasteiger charge is -2.49. The van der Waals surface area contributed by atoms with Crippen molar-refractivity contribution in [2.45, 2.75) is 50.7 Å². The van der Waals surface area contributed by atoms with E-state index >= 15 is 0 Å². The molecule has 1 spiro atoms. The van der Waals surface area contributed by atoms with E-state index in [1.807, 2.05) is 20.0 Å². The second-order valence-electron chi connectivity index (χ2n) is 6.41. The maximum absolute atomic E-state index is 13.3. The van der Waals surface area contributed by atoms with Crippen LogP contribution in [0.15, 0.2) is 18.2 Å². The molecule has 1 aromatic rings. The molecule has 1 aromatic carbocycles. The van der Waals surface area contributed by atoms with Crippen molar-refractivity contribution in [3.63, 3.8) is 0 Å². The summed E-state index contributed by atoms with van der Waals surface area (Å²) in [5, 5.41) is 3.46. The Labute approximate surface area is 120 Å². The highest BCUT2D eigenvalue weighted by Gasteiger charge is 2.44. The maximum atomic E-state index is 13.3. The Morgan fingerprint density at radius 1 is 1.40 bits per heavy atom. The zero-order valence-corrected chi connectivity index (χ0v) is 12.4. The topological polar surface area (TPSA) is 21.3 Å². The van der Waals surface area contributed by atoms with E-state index in [0.717, 1.165) is 25.0 Å². The number of aryl methyl sites for hydroxylation is 1. The summed E-state index contributed by atoms with van der Waals surface area (Å²) in [4.78, 5) is 0. The van der Waals surface area contributed by atoms with Crippen molar-refractivity contribution in [2.75, 3.05) is 13.7 Å². The minimum Gasteiger partial charge on any atom is -0.375 e. The predicted molar refractivity (Wildman–Crippen MR) is 78.2 cm³/mol. The third kappa shape index (κ3) is 2.49. The van der Waals surface area contributed by atoms with Crippen molar-refractivity contribution in [1.29, 1.82) is 0 Å². The van der Waals surface area contributed by atoms with Crippen LogP contribution in [0.25, 0.3) is 0 Å². The van der Waals surface area contributed by atoms with Crippen molar-refractivity contribution >= 4 is 0 Å². The first-order valence-electron chi connectivity index (χ1n) is 7.71. The van der Waals surface area contributed by atoms with Gasteiger partial charge in [0.1, 0.15) is 5.82 Å². The summed E-state index contributed by atoms with van der Waals surface area (Å²) >= 11 is 0. The summed E-state index contributed by atoms with van der Waals surface area (Å²) in [6.45, 7) is 2.87. The standard InChI is InChI=1S/C17H24FNO/c1-12-10-14(18)4-5-15(12)16(19-2)13-6-9-20-17(11-13)7-3-8-17/h4-5,10,13,16,19H,3,6-9,11H2,1-2H3. The monoisotopic (exact) mass is 277 g/mol. The van der Waals surface area contributed by atoms with Gasteiger partial charge in [-0.15, -0.1) is 0 Å². The number of nitrogens with one attached hydrogen (secondary N) is 1. The maximum Gasteiger partial charge on any atom is 0.123 e. The number of hydrogen-bond acceptors (Lipinski definition) is 2. The highest BCUT2D eigenvalue weighted by Crippen LogP contribution is 2.47. The van der Waals surface area contributed by atoms with Crippen LogP contribution in [0.5, 0.6) is 0 Å². The molecule has 1 aliphatic carbocycles. The lowest BCUT2D eigenvalue weighted by molar-refractivity contribution is -0.147. The molecular formula is C17H24FNO. The van der Waals surface area contributed by atoms with Crippen molar-refractivity contribution in [3.05, 3.63) is 35.1 Å². The minimum absolute atomic E-state index is 0.149. The minimum atomic E-state index is -0.149. The first-order valence-corrected chi connectivity index (χ1v) is 7.71. The van der Waals surface area contributed by atoms with Crippen LogP contribution in [0.2, 0.25) is 0 Å². The van der Waals surface area contributed by atoms with E-state index in [1.54, 1.807) is 12.1 Å². The Balaban J connectivity index is 1.81. The van der Waals surface area contributed by atoms with Crippen LogP contribution in [-0.4, -0.2) is 19.3 Å². The number of benzene rings is 1. The molecule has 2 aliphatic rings. The highest BCUT2D eigenvalue weighted by molar-refractivity contribution is 5.30. The van der Waals surface area contributed by atoms with E-state index in [2.05, 4.69) is 5.32 Å². The molecule has 1 aliphatic heterocycles. The highest BCUT2D eigenvalue weighted by atomic mass is 19.1. The van der Waals surface area contributed by atoms with Gasteiger partial charge in [0.05, 0.1) is 5.60 Å².